The van der Waals surface area contributed by atoms with Crippen LogP contribution in [-0.4, -0.2) is 48.5 Å². The van der Waals surface area contributed by atoms with Crippen LogP contribution in [0.4, 0.5) is 0 Å². The molecule has 4 atom stereocenters. The molecule has 3 nitrogen and oxygen atoms in total. The van der Waals surface area contributed by atoms with Gasteiger partial charge in [-0.2, -0.15) is 11.8 Å². The van der Waals surface area contributed by atoms with Crippen LogP contribution in [0.25, 0.3) is 0 Å². The molecule has 2 saturated carbocycles. The average molecular weight is 254 g/mol. The Bertz CT molecular complexity index is 310. The van der Waals surface area contributed by atoms with Crippen molar-refractivity contribution in [1.82, 2.24) is 10.2 Å². The van der Waals surface area contributed by atoms with E-state index in [0.29, 0.717) is 5.91 Å². The van der Waals surface area contributed by atoms with Crippen LogP contribution in [0, 0.1) is 17.8 Å². The summed E-state index contributed by atoms with van der Waals surface area (Å²) in [5, 5.41) is 3.16. The third-order valence-electron chi connectivity index (χ3n) is 4.69. The van der Waals surface area contributed by atoms with Gasteiger partial charge in [0.15, 0.2) is 0 Å². The lowest BCUT2D eigenvalue weighted by molar-refractivity contribution is -0.133. The van der Waals surface area contributed by atoms with E-state index in [1.54, 1.807) is 0 Å². The first kappa shape index (κ1) is 11.8. The fourth-order valence-corrected chi connectivity index (χ4v) is 4.56. The molecule has 96 valence electrons. The highest BCUT2D eigenvalue weighted by molar-refractivity contribution is 7.99. The Morgan fingerprint density at radius 3 is 3.00 bits per heavy atom. The van der Waals surface area contributed by atoms with Crippen molar-refractivity contribution in [3.05, 3.63) is 0 Å². The normalized spacial score (nSPS) is 41.2. The zero-order chi connectivity index (χ0) is 11.8. The minimum absolute atomic E-state index is 0.0407. The van der Waals surface area contributed by atoms with Gasteiger partial charge in [-0.1, -0.05) is 0 Å². The highest BCUT2D eigenvalue weighted by atomic mass is 32.2. The summed E-state index contributed by atoms with van der Waals surface area (Å²) in [7, 11) is 1.90. The Morgan fingerprint density at radius 2 is 2.35 bits per heavy atom. The van der Waals surface area contributed by atoms with E-state index in [9.17, 15) is 4.79 Å². The smallest absolute Gasteiger partial charge is 0.240 e. The van der Waals surface area contributed by atoms with Gasteiger partial charge in [0.25, 0.3) is 0 Å². The highest BCUT2D eigenvalue weighted by Crippen LogP contribution is 2.55. The fraction of sp³-hybridized carbons (Fsp3) is 0.923. The van der Waals surface area contributed by atoms with Crippen LogP contribution >= 0.6 is 11.8 Å². The van der Waals surface area contributed by atoms with Crippen LogP contribution in [0.1, 0.15) is 19.3 Å². The van der Waals surface area contributed by atoms with Crippen molar-refractivity contribution >= 4 is 17.7 Å². The molecule has 3 fully saturated rings. The second kappa shape index (κ2) is 4.81. The molecule has 4 heteroatoms. The fourth-order valence-electron chi connectivity index (χ4n) is 3.50. The molecule has 17 heavy (non-hydrogen) atoms. The van der Waals surface area contributed by atoms with Crippen LogP contribution in [0.3, 0.4) is 0 Å². The molecule has 0 aromatic rings. The van der Waals surface area contributed by atoms with Gasteiger partial charge >= 0.3 is 0 Å². The molecule has 0 bridgehead atoms. The number of rotatable bonds is 3. The Balaban J connectivity index is 1.61. The summed E-state index contributed by atoms with van der Waals surface area (Å²) < 4.78 is 0. The van der Waals surface area contributed by atoms with Gasteiger partial charge in [-0.05, 0) is 44.1 Å². The Kier molecular flexibility index (Phi) is 3.35. The maximum absolute atomic E-state index is 12.3. The van der Waals surface area contributed by atoms with Crippen LogP contribution in [0.2, 0.25) is 0 Å². The number of carbonyl (C=O) groups excluding carboxylic acids is 1. The topological polar surface area (TPSA) is 32.3 Å². The number of hydrogen-bond acceptors (Lipinski definition) is 3. The van der Waals surface area contributed by atoms with Crippen LogP contribution in [0.15, 0.2) is 0 Å². The predicted molar refractivity (Wildman–Crippen MR) is 71.1 cm³/mol. The molecule has 1 N–H and O–H groups in total. The van der Waals surface area contributed by atoms with Crippen molar-refractivity contribution in [2.75, 3.05) is 31.6 Å². The molecule has 1 amide bonds. The van der Waals surface area contributed by atoms with Gasteiger partial charge in [-0.15, -0.1) is 0 Å². The van der Waals surface area contributed by atoms with Crippen molar-refractivity contribution in [2.24, 2.45) is 17.8 Å². The molecule has 0 aromatic carbocycles. The first-order chi connectivity index (χ1) is 8.29. The number of nitrogens with one attached hydrogen (secondary N) is 1. The summed E-state index contributed by atoms with van der Waals surface area (Å²) in [6.45, 7) is 1.98. The van der Waals surface area contributed by atoms with E-state index in [0.717, 1.165) is 42.3 Å². The summed E-state index contributed by atoms with van der Waals surface area (Å²) in [5.41, 5.74) is 0. The molecule has 0 radical (unpaired) electrons. The number of nitrogens with zero attached hydrogens (tertiary/aromatic N) is 1. The quantitative estimate of drug-likeness (QED) is 0.821. The molecule has 1 aliphatic heterocycles. The molecule has 4 unspecified atom stereocenters. The third-order valence-corrected chi connectivity index (χ3v) is 5.73. The third kappa shape index (κ3) is 2.34. The van der Waals surface area contributed by atoms with Gasteiger partial charge in [-0.25, -0.2) is 0 Å². The van der Waals surface area contributed by atoms with E-state index in [1.165, 1.54) is 19.3 Å². The lowest BCUT2D eigenvalue weighted by Crippen LogP contribution is -2.47. The van der Waals surface area contributed by atoms with E-state index in [-0.39, 0.29) is 6.04 Å². The van der Waals surface area contributed by atoms with E-state index in [1.807, 2.05) is 18.8 Å². The summed E-state index contributed by atoms with van der Waals surface area (Å²) >= 11 is 1.90. The van der Waals surface area contributed by atoms with E-state index in [2.05, 4.69) is 10.2 Å². The summed E-state index contributed by atoms with van der Waals surface area (Å²) in [6.07, 6.45) is 4.22. The standard InChI is InChI=1S/C13H22N2OS/c1-14-12-8-17-5-4-15(13(12)16)7-10-3-2-9-6-11(9)10/h9-12,14H,2-8H2,1H3. The molecule has 1 heterocycles. The van der Waals surface area contributed by atoms with Crippen molar-refractivity contribution in [3.63, 3.8) is 0 Å². The molecule has 3 rings (SSSR count). The number of likely N-dealkylation sites (N-methyl/N-ethyl adjacent to an activating group) is 1. The highest BCUT2D eigenvalue weighted by Gasteiger charge is 2.48. The molecular formula is C13H22N2OS. The maximum atomic E-state index is 12.3. The first-order valence-corrected chi connectivity index (χ1v) is 7.99. The van der Waals surface area contributed by atoms with Crippen molar-refractivity contribution in [2.45, 2.75) is 25.3 Å². The van der Waals surface area contributed by atoms with E-state index >= 15 is 0 Å². The van der Waals surface area contributed by atoms with Gasteiger partial charge in [0.05, 0.1) is 6.04 Å². The van der Waals surface area contributed by atoms with Crippen molar-refractivity contribution < 1.29 is 4.79 Å². The number of fused-ring (bicyclic) bond motifs is 1. The maximum Gasteiger partial charge on any atom is 0.240 e. The number of amides is 1. The zero-order valence-corrected chi connectivity index (χ0v) is 11.3. The first-order valence-electron chi connectivity index (χ1n) is 6.83. The van der Waals surface area contributed by atoms with Gasteiger partial charge in [-0.3, -0.25) is 4.79 Å². The Hall–Kier alpha value is -0.220. The Morgan fingerprint density at radius 1 is 1.47 bits per heavy atom. The minimum Gasteiger partial charge on any atom is -0.340 e. The SMILES string of the molecule is CNC1CSCCN(CC2CCC3CC32)C1=O. The number of hydrogen-bond donors (Lipinski definition) is 1. The molecule has 0 spiro atoms. The summed E-state index contributed by atoms with van der Waals surface area (Å²) in [5.74, 6) is 5.17. The zero-order valence-electron chi connectivity index (χ0n) is 10.5. The molecule has 3 aliphatic rings. The molecular weight excluding hydrogens is 232 g/mol. The van der Waals surface area contributed by atoms with Crippen LogP contribution in [-0.2, 0) is 4.79 Å². The summed E-state index contributed by atoms with van der Waals surface area (Å²) in [6, 6.07) is 0.0407. The second-order valence-electron chi connectivity index (χ2n) is 5.70. The lowest BCUT2D eigenvalue weighted by atomic mass is 10.0. The van der Waals surface area contributed by atoms with Crippen molar-refractivity contribution in [3.8, 4) is 0 Å². The number of carbonyl (C=O) groups is 1. The van der Waals surface area contributed by atoms with E-state index < -0.39 is 0 Å². The van der Waals surface area contributed by atoms with Crippen molar-refractivity contribution in [1.29, 1.82) is 0 Å². The lowest BCUT2D eigenvalue weighted by Gasteiger charge is -2.27. The monoisotopic (exact) mass is 254 g/mol. The van der Waals surface area contributed by atoms with Gasteiger partial charge < -0.3 is 10.2 Å². The van der Waals surface area contributed by atoms with Crippen LogP contribution in [0.5, 0.6) is 0 Å². The second-order valence-corrected chi connectivity index (χ2v) is 6.85. The van der Waals surface area contributed by atoms with Gasteiger partial charge in [0.2, 0.25) is 5.91 Å². The number of thioether (sulfide) groups is 1. The van der Waals surface area contributed by atoms with Gasteiger partial charge in [0.1, 0.15) is 0 Å². The van der Waals surface area contributed by atoms with Crippen LogP contribution < -0.4 is 5.32 Å². The molecule has 0 aromatic heterocycles. The van der Waals surface area contributed by atoms with Gasteiger partial charge in [0, 0.05) is 24.6 Å². The van der Waals surface area contributed by atoms with E-state index in [4.69, 9.17) is 0 Å². The molecule has 1 saturated heterocycles. The molecule has 2 aliphatic carbocycles. The Labute approximate surface area is 108 Å². The minimum atomic E-state index is 0.0407. The largest absolute Gasteiger partial charge is 0.340 e. The summed E-state index contributed by atoms with van der Waals surface area (Å²) in [4.78, 5) is 14.5. The average Bonchev–Trinajstić information content (AvgIpc) is 3.05. The predicted octanol–water partition coefficient (Wildman–Crippen LogP) is 1.20.